The van der Waals surface area contributed by atoms with Gasteiger partial charge in [0.25, 0.3) is 0 Å². The minimum atomic E-state index is -0.303. The molecule has 0 aliphatic rings. The largest absolute Gasteiger partial charge is 0.507 e. The third kappa shape index (κ3) is 2.67. The molecule has 0 saturated carbocycles. The normalized spacial score (nSPS) is 12.9. The Labute approximate surface area is 101 Å². The summed E-state index contributed by atoms with van der Waals surface area (Å²) in [5, 5.41) is 11.8. The Balaban J connectivity index is 3.47. The lowest BCUT2D eigenvalue weighted by Gasteiger charge is -2.08. The molecule has 0 aliphatic heterocycles. The van der Waals surface area contributed by atoms with E-state index in [2.05, 4.69) is 4.74 Å². The van der Waals surface area contributed by atoms with E-state index in [0.29, 0.717) is 0 Å². The van der Waals surface area contributed by atoms with E-state index in [1.54, 1.807) is 6.92 Å². The fourth-order valence-corrected chi connectivity index (χ4v) is 1.82. The highest BCUT2D eigenvalue weighted by molar-refractivity contribution is 5.73. The number of hydrogen-bond donors (Lipinski definition) is 1. The van der Waals surface area contributed by atoms with Crippen molar-refractivity contribution in [3.63, 3.8) is 0 Å². The van der Waals surface area contributed by atoms with Crippen LogP contribution in [0.25, 0.3) is 12.2 Å². The molecule has 17 heavy (non-hydrogen) atoms. The van der Waals surface area contributed by atoms with Gasteiger partial charge in [-0.05, 0) is 37.1 Å². The highest BCUT2D eigenvalue weighted by atomic mass is 16.5. The van der Waals surface area contributed by atoms with Crippen LogP contribution in [0, 0.1) is 6.92 Å². The first kappa shape index (κ1) is 13.3. The molecule has 0 aliphatic carbocycles. The molecule has 1 aromatic carbocycles. The molecule has 0 saturated heterocycles. The Morgan fingerprint density at radius 3 is 2.53 bits per heavy atom. The van der Waals surface area contributed by atoms with Crippen LogP contribution in [-0.4, -0.2) is 18.2 Å². The second kappa shape index (κ2) is 5.53. The van der Waals surface area contributed by atoms with Gasteiger partial charge in [-0.15, -0.1) is 0 Å². The van der Waals surface area contributed by atoms with Crippen LogP contribution in [0.2, 0.25) is 0 Å². The Bertz CT molecular complexity index is 542. The van der Waals surface area contributed by atoms with Gasteiger partial charge in [0.2, 0.25) is 0 Å². The molecule has 0 heterocycles. The van der Waals surface area contributed by atoms with Gasteiger partial charge in [0.05, 0.1) is 13.5 Å². The number of phenolic OH excluding ortho intramolecular Hbond substituents is 1. The molecule has 1 aromatic rings. The van der Waals surface area contributed by atoms with Crippen LogP contribution in [0.5, 0.6) is 5.75 Å². The van der Waals surface area contributed by atoms with Crippen molar-refractivity contribution in [1.29, 1.82) is 0 Å². The van der Waals surface area contributed by atoms with Crippen molar-refractivity contribution in [2.45, 2.75) is 27.2 Å². The molecule has 0 amide bonds. The summed E-state index contributed by atoms with van der Waals surface area (Å²) >= 11 is 0. The number of rotatable bonds is 2. The first-order valence-corrected chi connectivity index (χ1v) is 5.56. The van der Waals surface area contributed by atoms with Gasteiger partial charge in [0, 0.05) is 5.22 Å². The highest BCUT2D eigenvalue weighted by Crippen LogP contribution is 2.14. The zero-order valence-electron chi connectivity index (χ0n) is 10.7. The topological polar surface area (TPSA) is 46.5 Å². The molecule has 1 rings (SSSR count). The van der Waals surface area contributed by atoms with Gasteiger partial charge in [-0.3, -0.25) is 4.79 Å². The number of esters is 1. The first-order valence-electron chi connectivity index (χ1n) is 5.56. The van der Waals surface area contributed by atoms with Crippen molar-refractivity contribution in [1.82, 2.24) is 0 Å². The van der Waals surface area contributed by atoms with Gasteiger partial charge in [0.1, 0.15) is 5.75 Å². The first-order chi connectivity index (χ1) is 8.04. The monoisotopic (exact) mass is 234 g/mol. The number of aromatic hydroxyl groups is 1. The summed E-state index contributed by atoms with van der Waals surface area (Å²) in [6, 6.07) is 1.92. The second-order valence-corrected chi connectivity index (χ2v) is 3.84. The number of carbonyl (C=O) groups is 1. The van der Waals surface area contributed by atoms with E-state index in [1.165, 1.54) is 7.11 Å². The van der Waals surface area contributed by atoms with Gasteiger partial charge < -0.3 is 9.84 Å². The van der Waals surface area contributed by atoms with Gasteiger partial charge in [0.15, 0.2) is 0 Å². The predicted molar refractivity (Wildman–Crippen MR) is 68.1 cm³/mol. The summed E-state index contributed by atoms with van der Waals surface area (Å²) in [7, 11) is 1.36. The Hall–Kier alpha value is -1.77. The van der Waals surface area contributed by atoms with Crippen molar-refractivity contribution in [2.24, 2.45) is 0 Å². The Kier molecular flexibility index (Phi) is 4.32. The molecule has 0 aromatic heterocycles. The van der Waals surface area contributed by atoms with Gasteiger partial charge in [-0.1, -0.05) is 18.2 Å². The van der Waals surface area contributed by atoms with E-state index < -0.39 is 0 Å². The fraction of sp³-hybridized carbons (Fsp3) is 0.357. The average molecular weight is 234 g/mol. The Morgan fingerprint density at radius 2 is 2.06 bits per heavy atom. The minimum absolute atomic E-state index is 0.181. The molecule has 3 heteroatoms. The van der Waals surface area contributed by atoms with Crippen LogP contribution in [0.4, 0.5) is 0 Å². The molecule has 0 bridgehead atoms. The summed E-state index contributed by atoms with van der Waals surface area (Å²) in [5.74, 6) is -0.0650. The van der Waals surface area contributed by atoms with E-state index in [1.807, 2.05) is 32.1 Å². The summed E-state index contributed by atoms with van der Waals surface area (Å²) < 4.78 is 4.64. The molecule has 92 valence electrons. The zero-order chi connectivity index (χ0) is 13.0. The standard InChI is InChI=1S/C14H18O3/c1-5-10-7-11(8-13(15)17-4)9(3)14(16)12(10)6-2/h5-7,16H,8H2,1-4H3. The maximum absolute atomic E-state index is 11.3. The maximum Gasteiger partial charge on any atom is 0.309 e. The summed E-state index contributed by atoms with van der Waals surface area (Å²) in [4.78, 5) is 11.3. The van der Waals surface area contributed by atoms with Crippen molar-refractivity contribution in [3.8, 4) is 5.75 Å². The predicted octanol–water partition coefficient (Wildman–Crippen LogP) is 1.02. The number of hydrogen-bond acceptors (Lipinski definition) is 3. The van der Waals surface area contributed by atoms with Crippen molar-refractivity contribution in [2.75, 3.05) is 7.11 Å². The number of phenols is 1. The average Bonchev–Trinajstić information content (AvgIpc) is 2.34. The highest BCUT2D eigenvalue weighted by Gasteiger charge is 2.10. The van der Waals surface area contributed by atoms with Crippen LogP contribution >= 0.6 is 0 Å². The molecule has 0 spiro atoms. The number of benzene rings is 1. The van der Waals surface area contributed by atoms with Crippen molar-refractivity contribution >= 4 is 18.1 Å². The zero-order valence-corrected chi connectivity index (χ0v) is 10.7. The lowest BCUT2D eigenvalue weighted by Crippen LogP contribution is -2.26. The Morgan fingerprint density at radius 1 is 1.41 bits per heavy atom. The van der Waals surface area contributed by atoms with Gasteiger partial charge >= 0.3 is 5.97 Å². The van der Waals surface area contributed by atoms with Gasteiger partial charge in [-0.2, -0.15) is 0 Å². The van der Waals surface area contributed by atoms with Crippen LogP contribution < -0.4 is 10.4 Å². The third-order valence-corrected chi connectivity index (χ3v) is 2.89. The fourth-order valence-electron chi connectivity index (χ4n) is 1.82. The van der Waals surface area contributed by atoms with E-state index in [4.69, 9.17) is 0 Å². The van der Waals surface area contributed by atoms with Crippen LogP contribution in [0.15, 0.2) is 6.07 Å². The van der Waals surface area contributed by atoms with Crippen LogP contribution in [0.3, 0.4) is 0 Å². The lowest BCUT2D eigenvalue weighted by molar-refractivity contribution is -0.139. The summed E-state index contributed by atoms with van der Waals surface area (Å²) in [6.45, 7) is 5.58. The van der Waals surface area contributed by atoms with E-state index in [-0.39, 0.29) is 18.1 Å². The van der Waals surface area contributed by atoms with Crippen LogP contribution in [-0.2, 0) is 16.0 Å². The molecule has 0 unspecified atom stereocenters. The number of methoxy groups -OCH3 is 1. The SMILES string of the molecule is CC=c1cc(CC(=O)OC)c(C)c(O)c1=CC. The molecule has 0 radical (unpaired) electrons. The molecule has 0 atom stereocenters. The molecular formula is C14H18O3. The quantitative estimate of drug-likeness (QED) is 0.777. The number of carbonyl (C=O) groups excluding carboxylic acids is 1. The minimum Gasteiger partial charge on any atom is -0.507 e. The van der Waals surface area contributed by atoms with Gasteiger partial charge in [-0.25, -0.2) is 0 Å². The maximum atomic E-state index is 11.3. The third-order valence-electron chi connectivity index (χ3n) is 2.89. The molecular weight excluding hydrogens is 216 g/mol. The molecule has 0 fully saturated rings. The summed E-state index contributed by atoms with van der Waals surface area (Å²) in [5.41, 5.74) is 1.53. The lowest BCUT2D eigenvalue weighted by atomic mass is 10.0. The van der Waals surface area contributed by atoms with Crippen molar-refractivity contribution in [3.05, 3.63) is 27.6 Å². The second-order valence-electron chi connectivity index (χ2n) is 3.84. The molecule has 1 N–H and O–H groups in total. The smallest absolute Gasteiger partial charge is 0.309 e. The number of ether oxygens (including phenoxy) is 1. The summed E-state index contributed by atoms with van der Waals surface area (Å²) in [6.07, 6.45) is 3.95. The van der Waals surface area contributed by atoms with E-state index in [0.717, 1.165) is 21.6 Å². The van der Waals surface area contributed by atoms with E-state index >= 15 is 0 Å². The van der Waals surface area contributed by atoms with E-state index in [9.17, 15) is 9.90 Å². The van der Waals surface area contributed by atoms with Crippen LogP contribution in [0.1, 0.15) is 25.0 Å². The molecule has 3 nitrogen and oxygen atoms in total. The van der Waals surface area contributed by atoms with Crippen molar-refractivity contribution < 1.29 is 14.6 Å².